The maximum atomic E-state index is 12.5. The standard InChI is InChI=1S/C15H18N2O2/c1-10-7-8-13-12(9-10)14(18)17(15(19)16-13)11-5-3-2-4-6-11/h7-9,11H,2-6H2,1H3,(H,16,19). The summed E-state index contributed by atoms with van der Waals surface area (Å²) >= 11 is 0. The van der Waals surface area contributed by atoms with E-state index in [0.717, 1.165) is 31.2 Å². The van der Waals surface area contributed by atoms with E-state index in [4.69, 9.17) is 0 Å². The first-order valence-electron chi connectivity index (χ1n) is 6.92. The third-order valence-electron chi connectivity index (χ3n) is 4.02. The molecule has 4 nitrogen and oxygen atoms in total. The molecule has 1 N–H and O–H groups in total. The zero-order valence-corrected chi connectivity index (χ0v) is 11.1. The summed E-state index contributed by atoms with van der Waals surface area (Å²) in [4.78, 5) is 27.5. The molecule has 1 aromatic heterocycles. The molecule has 1 fully saturated rings. The van der Waals surface area contributed by atoms with Crippen molar-refractivity contribution in [3.8, 4) is 0 Å². The molecule has 2 aromatic rings. The minimum absolute atomic E-state index is 0.0647. The molecule has 100 valence electrons. The van der Waals surface area contributed by atoms with Gasteiger partial charge in [0.25, 0.3) is 5.56 Å². The van der Waals surface area contributed by atoms with Crippen molar-refractivity contribution in [2.24, 2.45) is 0 Å². The van der Waals surface area contributed by atoms with Gasteiger partial charge < -0.3 is 4.98 Å². The highest BCUT2D eigenvalue weighted by atomic mass is 16.2. The second-order valence-electron chi connectivity index (χ2n) is 5.45. The number of nitrogens with one attached hydrogen (secondary N) is 1. The third-order valence-corrected chi connectivity index (χ3v) is 4.02. The molecule has 1 aliphatic rings. The average molecular weight is 258 g/mol. The maximum absolute atomic E-state index is 12.5. The molecule has 0 atom stereocenters. The summed E-state index contributed by atoms with van der Waals surface area (Å²) in [7, 11) is 0. The molecule has 0 spiro atoms. The molecule has 0 saturated heterocycles. The predicted molar refractivity (Wildman–Crippen MR) is 75.7 cm³/mol. The van der Waals surface area contributed by atoms with Crippen molar-refractivity contribution in [1.82, 2.24) is 9.55 Å². The summed E-state index contributed by atoms with van der Waals surface area (Å²) in [6.45, 7) is 1.95. The Morgan fingerprint density at radius 1 is 1.16 bits per heavy atom. The van der Waals surface area contributed by atoms with Gasteiger partial charge in [-0.1, -0.05) is 30.9 Å². The topological polar surface area (TPSA) is 54.9 Å². The molecule has 4 heteroatoms. The van der Waals surface area contributed by atoms with Gasteiger partial charge in [-0.15, -0.1) is 0 Å². The number of aryl methyl sites for hydroxylation is 1. The first-order valence-corrected chi connectivity index (χ1v) is 6.92. The van der Waals surface area contributed by atoms with Crippen molar-refractivity contribution < 1.29 is 0 Å². The molecule has 1 aliphatic carbocycles. The third kappa shape index (κ3) is 2.11. The monoisotopic (exact) mass is 258 g/mol. The van der Waals surface area contributed by atoms with Gasteiger partial charge in [-0.3, -0.25) is 9.36 Å². The van der Waals surface area contributed by atoms with E-state index in [2.05, 4.69) is 4.98 Å². The van der Waals surface area contributed by atoms with E-state index in [0.29, 0.717) is 10.9 Å². The Morgan fingerprint density at radius 3 is 2.63 bits per heavy atom. The van der Waals surface area contributed by atoms with Gasteiger partial charge in [-0.25, -0.2) is 4.79 Å². The number of hydrogen-bond acceptors (Lipinski definition) is 2. The number of aromatic nitrogens is 2. The fourth-order valence-electron chi connectivity index (χ4n) is 3.01. The Bertz CT molecular complexity index is 721. The molecule has 1 heterocycles. The van der Waals surface area contributed by atoms with Crippen LogP contribution in [0.4, 0.5) is 0 Å². The molecule has 19 heavy (non-hydrogen) atoms. The summed E-state index contributed by atoms with van der Waals surface area (Å²) < 4.78 is 1.43. The van der Waals surface area contributed by atoms with Crippen LogP contribution in [0.15, 0.2) is 27.8 Å². The number of benzene rings is 1. The Labute approximate surface area is 111 Å². The van der Waals surface area contributed by atoms with Crippen LogP contribution in [0, 0.1) is 6.92 Å². The first kappa shape index (κ1) is 12.2. The molecule has 0 aliphatic heterocycles. The summed E-state index contributed by atoms with van der Waals surface area (Å²) in [6, 6.07) is 5.63. The zero-order chi connectivity index (χ0) is 13.4. The molecule has 1 aromatic carbocycles. The molecule has 0 amide bonds. The van der Waals surface area contributed by atoms with Crippen LogP contribution >= 0.6 is 0 Å². The smallest absolute Gasteiger partial charge is 0.307 e. The average Bonchev–Trinajstić information content (AvgIpc) is 2.41. The summed E-state index contributed by atoms with van der Waals surface area (Å²) in [5.74, 6) is 0. The second-order valence-corrected chi connectivity index (χ2v) is 5.45. The van der Waals surface area contributed by atoms with Crippen LogP contribution in [0.1, 0.15) is 43.7 Å². The number of hydrogen-bond donors (Lipinski definition) is 1. The van der Waals surface area contributed by atoms with Crippen LogP contribution in [0.2, 0.25) is 0 Å². The largest absolute Gasteiger partial charge is 0.329 e. The Kier molecular flexibility index (Phi) is 3.01. The van der Waals surface area contributed by atoms with Crippen LogP contribution in [0.3, 0.4) is 0 Å². The summed E-state index contributed by atoms with van der Waals surface area (Å²) in [5, 5.41) is 0.616. The molecular formula is C15H18N2O2. The number of fused-ring (bicyclic) bond motifs is 1. The lowest BCUT2D eigenvalue weighted by Gasteiger charge is -2.23. The summed E-state index contributed by atoms with van der Waals surface area (Å²) in [5.41, 5.74) is 1.25. The van der Waals surface area contributed by atoms with E-state index in [1.165, 1.54) is 11.0 Å². The Balaban J connectivity index is 2.24. The quantitative estimate of drug-likeness (QED) is 0.854. The van der Waals surface area contributed by atoms with E-state index in [1.807, 2.05) is 19.1 Å². The number of rotatable bonds is 1. The second kappa shape index (κ2) is 4.68. The minimum atomic E-state index is -0.270. The maximum Gasteiger partial charge on any atom is 0.329 e. The van der Waals surface area contributed by atoms with E-state index < -0.39 is 0 Å². The van der Waals surface area contributed by atoms with E-state index >= 15 is 0 Å². The SMILES string of the molecule is Cc1ccc2[nH]c(=O)n(C3CCCCC3)c(=O)c2c1. The van der Waals surface area contributed by atoms with Crippen molar-refractivity contribution in [2.75, 3.05) is 0 Å². The highest BCUT2D eigenvalue weighted by Crippen LogP contribution is 2.26. The van der Waals surface area contributed by atoms with E-state index in [9.17, 15) is 9.59 Å². The lowest BCUT2D eigenvalue weighted by Crippen LogP contribution is -2.38. The molecule has 1 saturated carbocycles. The fraction of sp³-hybridized carbons (Fsp3) is 0.467. The molecule has 0 unspecified atom stereocenters. The van der Waals surface area contributed by atoms with Gasteiger partial charge in [0.2, 0.25) is 0 Å². The van der Waals surface area contributed by atoms with E-state index in [-0.39, 0.29) is 17.3 Å². The molecule has 3 rings (SSSR count). The molecule has 0 bridgehead atoms. The number of H-pyrrole nitrogens is 1. The van der Waals surface area contributed by atoms with Crippen molar-refractivity contribution in [3.05, 3.63) is 44.6 Å². The van der Waals surface area contributed by atoms with Crippen LogP contribution in [0.5, 0.6) is 0 Å². The van der Waals surface area contributed by atoms with Gasteiger partial charge in [-0.2, -0.15) is 0 Å². The highest BCUT2D eigenvalue weighted by Gasteiger charge is 2.19. The van der Waals surface area contributed by atoms with Crippen LogP contribution in [-0.2, 0) is 0 Å². The van der Waals surface area contributed by atoms with Gasteiger partial charge in [-0.05, 0) is 31.9 Å². The van der Waals surface area contributed by atoms with Gasteiger partial charge >= 0.3 is 5.69 Å². The van der Waals surface area contributed by atoms with Gasteiger partial charge in [0.1, 0.15) is 0 Å². The van der Waals surface area contributed by atoms with Crippen molar-refractivity contribution in [2.45, 2.75) is 45.1 Å². The molecular weight excluding hydrogens is 240 g/mol. The minimum Gasteiger partial charge on any atom is -0.307 e. The highest BCUT2D eigenvalue weighted by molar-refractivity contribution is 5.77. The Morgan fingerprint density at radius 2 is 1.89 bits per heavy atom. The first-order chi connectivity index (χ1) is 9.16. The zero-order valence-electron chi connectivity index (χ0n) is 11.1. The van der Waals surface area contributed by atoms with Crippen molar-refractivity contribution >= 4 is 10.9 Å². The number of nitrogens with zero attached hydrogens (tertiary/aromatic N) is 1. The van der Waals surface area contributed by atoms with Gasteiger partial charge in [0.05, 0.1) is 10.9 Å². The van der Waals surface area contributed by atoms with Gasteiger partial charge in [0.15, 0.2) is 0 Å². The number of aromatic amines is 1. The lowest BCUT2D eigenvalue weighted by atomic mass is 9.95. The van der Waals surface area contributed by atoms with Crippen LogP contribution < -0.4 is 11.2 Å². The van der Waals surface area contributed by atoms with Crippen LogP contribution in [0.25, 0.3) is 10.9 Å². The summed E-state index contributed by atoms with van der Waals surface area (Å²) in [6.07, 6.45) is 5.27. The Hall–Kier alpha value is -1.84. The predicted octanol–water partition coefficient (Wildman–Crippen LogP) is 2.50. The lowest BCUT2D eigenvalue weighted by molar-refractivity contribution is 0.338. The van der Waals surface area contributed by atoms with Crippen LogP contribution in [-0.4, -0.2) is 9.55 Å². The van der Waals surface area contributed by atoms with E-state index in [1.54, 1.807) is 6.07 Å². The molecule has 0 radical (unpaired) electrons. The van der Waals surface area contributed by atoms with Crippen molar-refractivity contribution in [1.29, 1.82) is 0 Å². The van der Waals surface area contributed by atoms with Gasteiger partial charge in [0, 0.05) is 6.04 Å². The van der Waals surface area contributed by atoms with Crippen molar-refractivity contribution in [3.63, 3.8) is 0 Å². The normalized spacial score (nSPS) is 16.9. The fourth-order valence-corrected chi connectivity index (χ4v) is 3.01.